The molecule has 1 saturated heterocycles. The van der Waals surface area contributed by atoms with Crippen molar-refractivity contribution in [2.24, 2.45) is 4.99 Å². The Morgan fingerprint density at radius 1 is 1.27 bits per heavy atom. The summed E-state index contributed by atoms with van der Waals surface area (Å²) in [6.07, 6.45) is -0.195. The van der Waals surface area contributed by atoms with E-state index in [1.54, 1.807) is 21.7 Å². The molecule has 10 heteroatoms. The number of benzene rings is 1. The van der Waals surface area contributed by atoms with E-state index in [0.29, 0.717) is 28.5 Å². The predicted molar refractivity (Wildman–Crippen MR) is 87.5 cm³/mol. The summed E-state index contributed by atoms with van der Waals surface area (Å²) in [6.45, 7) is 1.11. The molecule has 1 aromatic heterocycles. The molecule has 0 atom stereocenters. The summed E-state index contributed by atoms with van der Waals surface area (Å²) in [5.74, 6) is -0.169. The minimum Gasteiger partial charge on any atom is -0.395 e. The van der Waals surface area contributed by atoms with Crippen LogP contribution in [0.2, 0.25) is 0 Å². The molecule has 1 aromatic carbocycles. The highest BCUT2D eigenvalue weighted by molar-refractivity contribution is 7.09. The minimum atomic E-state index is -3.70. The lowest BCUT2D eigenvalue weighted by Crippen LogP contribution is -2.27. The van der Waals surface area contributed by atoms with Crippen LogP contribution in [0.15, 0.2) is 29.4 Å². The highest BCUT2D eigenvalue weighted by atomic mass is 32.1. The van der Waals surface area contributed by atoms with E-state index in [9.17, 15) is 18.7 Å². The third-order valence-corrected chi connectivity index (χ3v) is 5.06. The normalized spacial score (nSPS) is 18.6. The Morgan fingerprint density at radius 3 is 2.73 bits per heavy atom. The molecule has 26 heavy (non-hydrogen) atoms. The number of carbonyl (C=O) groups excluding carboxylic acids is 1. The van der Waals surface area contributed by atoms with Gasteiger partial charge in [0, 0.05) is 25.4 Å². The number of hydrogen-bond acceptors (Lipinski definition) is 5. The average molecular weight is 383 g/mol. The van der Waals surface area contributed by atoms with Crippen molar-refractivity contribution in [3.63, 3.8) is 0 Å². The molecule has 0 radical (unpaired) electrons. The number of amides is 2. The van der Waals surface area contributed by atoms with Gasteiger partial charge in [0.25, 0.3) is 0 Å². The molecule has 0 aliphatic carbocycles. The first-order chi connectivity index (χ1) is 12.4. The largest absolute Gasteiger partial charge is 0.586 e. The summed E-state index contributed by atoms with van der Waals surface area (Å²) in [6, 6.07) is 3.94. The van der Waals surface area contributed by atoms with Crippen LogP contribution < -0.4 is 14.3 Å². The van der Waals surface area contributed by atoms with Gasteiger partial charge in [-0.25, -0.2) is 4.79 Å². The zero-order chi connectivity index (χ0) is 18.3. The van der Waals surface area contributed by atoms with Gasteiger partial charge in [-0.15, -0.1) is 8.78 Å². The number of aliphatic hydroxyl groups is 1. The summed E-state index contributed by atoms with van der Waals surface area (Å²) in [5, 5.41) is 9.41. The lowest BCUT2D eigenvalue weighted by molar-refractivity contribution is -0.286. The number of aliphatic hydroxyl groups excluding tert-OH is 1. The number of fused-ring (bicyclic) bond motifs is 1. The number of urea groups is 1. The zero-order valence-electron chi connectivity index (χ0n) is 13.5. The summed E-state index contributed by atoms with van der Waals surface area (Å²) in [7, 11) is 0. The topological polar surface area (TPSA) is 76.3 Å². The molecule has 0 bridgehead atoms. The molecular weight excluding hydrogens is 368 g/mol. The lowest BCUT2D eigenvalue weighted by Gasteiger charge is -2.10. The van der Waals surface area contributed by atoms with E-state index in [-0.39, 0.29) is 24.1 Å². The smallest absolute Gasteiger partial charge is 0.395 e. The van der Waals surface area contributed by atoms with E-state index in [0.717, 1.165) is 24.2 Å². The van der Waals surface area contributed by atoms with Crippen LogP contribution in [-0.2, 0) is 6.61 Å². The van der Waals surface area contributed by atoms with Crippen LogP contribution >= 0.6 is 11.3 Å². The maximum atomic E-state index is 13.2. The highest BCUT2D eigenvalue weighted by Gasteiger charge is 2.43. The van der Waals surface area contributed by atoms with E-state index < -0.39 is 6.29 Å². The van der Waals surface area contributed by atoms with Gasteiger partial charge in [0.1, 0.15) is 0 Å². The molecule has 0 saturated carbocycles. The van der Waals surface area contributed by atoms with Gasteiger partial charge in [-0.1, -0.05) is 11.3 Å². The Balaban J connectivity index is 1.73. The van der Waals surface area contributed by atoms with Crippen molar-refractivity contribution in [2.45, 2.75) is 25.7 Å². The Morgan fingerprint density at radius 2 is 2.00 bits per heavy atom. The molecule has 2 aliphatic heterocycles. The molecular formula is C16H15F2N3O4S. The van der Waals surface area contributed by atoms with Crippen LogP contribution in [0.1, 0.15) is 17.7 Å². The fourth-order valence-corrected chi connectivity index (χ4v) is 3.71. The Labute approximate surface area is 150 Å². The van der Waals surface area contributed by atoms with Crippen LogP contribution in [-0.4, -0.2) is 40.0 Å². The van der Waals surface area contributed by atoms with Crippen molar-refractivity contribution in [3.8, 4) is 17.2 Å². The first-order valence-electron chi connectivity index (χ1n) is 8.01. The van der Waals surface area contributed by atoms with E-state index in [2.05, 4.69) is 14.5 Å². The summed E-state index contributed by atoms with van der Waals surface area (Å²) >= 11 is 1.15. The first-order valence-corrected chi connectivity index (χ1v) is 8.83. The van der Waals surface area contributed by atoms with Gasteiger partial charge >= 0.3 is 12.3 Å². The Bertz CT molecular complexity index is 918. The number of carbonyl (C=O) groups is 1. The number of hydrogen-bond donors (Lipinski definition) is 1. The number of halogens is 2. The molecule has 0 spiro atoms. The summed E-state index contributed by atoms with van der Waals surface area (Å²) in [4.78, 5) is 19.0. The summed E-state index contributed by atoms with van der Waals surface area (Å²) < 4.78 is 36.8. The van der Waals surface area contributed by atoms with E-state index >= 15 is 0 Å². The monoisotopic (exact) mass is 383 g/mol. The number of likely N-dealkylation sites (tertiary alicyclic amines) is 1. The van der Waals surface area contributed by atoms with Crippen molar-refractivity contribution >= 4 is 17.4 Å². The third-order valence-electron chi connectivity index (χ3n) is 4.09. The average Bonchev–Trinajstić information content (AvgIpc) is 3.30. The van der Waals surface area contributed by atoms with Gasteiger partial charge in [-0.2, -0.15) is 4.99 Å². The minimum absolute atomic E-state index is 0.0661. The second kappa shape index (κ2) is 6.36. The van der Waals surface area contributed by atoms with Gasteiger partial charge < -0.3 is 19.5 Å². The van der Waals surface area contributed by atoms with E-state index in [1.165, 1.54) is 12.1 Å². The SMILES string of the molecule is O=C(N=c1sc(CO)cn1-c1ccc2c(c1)OC(F)(F)O2)N1CCCC1. The number of thiazole rings is 1. The fourth-order valence-electron chi connectivity index (χ4n) is 2.88. The van der Waals surface area contributed by atoms with Gasteiger partial charge in [-0.05, 0) is 25.0 Å². The van der Waals surface area contributed by atoms with Crippen LogP contribution in [0.5, 0.6) is 11.5 Å². The van der Waals surface area contributed by atoms with Crippen molar-refractivity contribution in [1.29, 1.82) is 0 Å². The molecule has 1 fully saturated rings. The number of ether oxygens (including phenoxy) is 2. The molecule has 2 aromatic rings. The van der Waals surface area contributed by atoms with Crippen LogP contribution in [0.3, 0.4) is 0 Å². The summed E-state index contributed by atoms with van der Waals surface area (Å²) in [5.41, 5.74) is 0.467. The zero-order valence-corrected chi connectivity index (χ0v) is 14.3. The Kier molecular flexibility index (Phi) is 4.16. The molecule has 2 amide bonds. The standard InChI is InChI=1S/C16H15F2N3O4S/c17-16(18)24-12-4-3-10(7-13(12)25-16)21-8-11(9-22)26-15(21)19-14(23)20-5-1-2-6-20/h3-4,7-8,22H,1-2,5-6,9H2. The molecule has 138 valence electrons. The number of rotatable bonds is 2. The van der Waals surface area contributed by atoms with E-state index in [1.807, 2.05) is 0 Å². The number of alkyl halides is 2. The highest BCUT2D eigenvalue weighted by Crippen LogP contribution is 2.41. The molecule has 4 rings (SSSR count). The quantitative estimate of drug-likeness (QED) is 0.864. The maximum absolute atomic E-state index is 13.2. The van der Waals surface area contributed by atoms with E-state index in [4.69, 9.17) is 0 Å². The second-order valence-electron chi connectivity index (χ2n) is 5.90. The van der Waals surface area contributed by atoms with Gasteiger partial charge in [-0.3, -0.25) is 4.57 Å². The van der Waals surface area contributed by atoms with Gasteiger partial charge in [0.15, 0.2) is 16.3 Å². The molecule has 1 N–H and O–H groups in total. The third kappa shape index (κ3) is 3.17. The van der Waals surface area contributed by atoms with Gasteiger partial charge in [0.2, 0.25) is 0 Å². The van der Waals surface area contributed by atoms with Gasteiger partial charge in [0.05, 0.1) is 17.2 Å². The van der Waals surface area contributed by atoms with Crippen LogP contribution in [0.25, 0.3) is 5.69 Å². The van der Waals surface area contributed by atoms with Crippen LogP contribution in [0, 0.1) is 0 Å². The molecule has 3 heterocycles. The van der Waals surface area contributed by atoms with Crippen molar-refractivity contribution in [1.82, 2.24) is 9.47 Å². The fraction of sp³-hybridized carbons (Fsp3) is 0.375. The molecule has 7 nitrogen and oxygen atoms in total. The number of aromatic nitrogens is 1. The maximum Gasteiger partial charge on any atom is 0.586 e. The van der Waals surface area contributed by atoms with Crippen molar-refractivity contribution in [3.05, 3.63) is 34.1 Å². The first kappa shape index (κ1) is 17.0. The van der Waals surface area contributed by atoms with Crippen molar-refractivity contribution in [2.75, 3.05) is 13.1 Å². The lowest BCUT2D eigenvalue weighted by atomic mass is 10.3. The molecule has 0 unspecified atom stereocenters. The van der Waals surface area contributed by atoms with Crippen molar-refractivity contribution < 1.29 is 28.2 Å². The molecule has 2 aliphatic rings. The number of nitrogens with zero attached hydrogens (tertiary/aromatic N) is 3. The second-order valence-corrected chi connectivity index (χ2v) is 6.99. The van der Waals surface area contributed by atoms with Crippen LogP contribution in [0.4, 0.5) is 13.6 Å². The Hall–Kier alpha value is -2.46. The predicted octanol–water partition coefficient (Wildman–Crippen LogP) is 2.47.